The quantitative estimate of drug-likeness (QED) is 0.620. The molecule has 0 bridgehead atoms. The van der Waals surface area contributed by atoms with Crippen molar-refractivity contribution in [1.29, 1.82) is 0 Å². The highest BCUT2D eigenvalue weighted by Gasteiger charge is 2.09. The van der Waals surface area contributed by atoms with E-state index in [4.69, 9.17) is 14.9 Å². The van der Waals surface area contributed by atoms with Crippen molar-refractivity contribution in [2.75, 3.05) is 19.8 Å². The van der Waals surface area contributed by atoms with Gasteiger partial charge in [0.1, 0.15) is 12.4 Å². The molecule has 2 atom stereocenters. The van der Waals surface area contributed by atoms with E-state index in [0.29, 0.717) is 18.9 Å². The van der Waals surface area contributed by atoms with Crippen LogP contribution < -0.4 is 10.1 Å². The van der Waals surface area contributed by atoms with E-state index in [2.05, 4.69) is 5.32 Å². The molecule has 2 unspecified atom stereocenters. The Morgan fingerprint density at radius 1 is 1.32 bits per heavy atom. The number of rotatable bonds is 8. The van der Waals surface area contributed by atoms with Crippen LogP contribution in [0.3, 0.4) is 0 Å². The second kappa shape index (κ2) is 7.76. The monoisotopic (exact) mass is 267 g/mol. The molecule has 0 heterocycles. The topological polar surface area (TPSA) is 78.8 Å². The van der Waals surface area contributed by atoms with Gasteiger partial charge in [-0.2, -0.15) is 0 Å². The first kappa shape index (κ1) is 15.5. The average Bonchev–Trinajstić information content (AvgIpc) is 2.42. The average molecular weight is 267 g/mol. The van der Waals surface area contributed by atoms with E-state index in [1.54, 1.807) is 12.1 Å². The lowest BCUT2D eigenvalue weighted by atomic mass is 10.1. The summed E-state index contributed by atoms with van der Waals surface area (Å²) >= 11 is 0. The van der Waals surface area contributed by atoms with Gasteiger partial charge in [0.2, 0.25) is 0 Å². The number of aliphatic hydroxyl groups excluding tert-OH is 1. The number of hydrogen-bond donors (Lipinski definition) is 3. The molecular formula is C14H21NO4. The molecule has 0 aliphatic carbocycles. The Hall–Kier alpha value is -1.59. The maximum atomic E-state index is 10.7. The lowest BCUT2D eigenvalue weighted by Crippen LogP contribution is -2.36. The van der Waals surface area contributed by atoms with Crippen LogP contribution in [-0.2, 0) is 0 Å². The van der Waals surface area contributed by atoms with Crippen LogP contribution >= 0.6 is 0 Å². The van der Waals surface area contributed by atoms with Crippen LogP contribution in [0.1, 0.15) is 24.2 Å². The largest absolute Gasteiger partial charge is 0.492 e. The lowest BCUT2D eigenvalue weighted by Gasteiger charge is -2.19. The third kappa shape index (κ3) is 5.28. The molecule has 0 aliphatic rings. The van der Waals surface area contributed by atoms with Crippen LogP contribution in [0.5, 0.6) is 5.75 Å². The minimum absolute atomic E-state index is 0.158. The van der Waals surface area contributed by atoms with E-state index in [9.17, 15) is 4.79 Å². The number of ether oxygens (including phenoxy) is 1. The summed E-state index contributed by atoms with van der Waals surface area (Å²) in [5.41, 5.74) is 0.246. The van der Waals surface area contributed by atoms with Gasteiger partial charge < -0.3 is 20.3 Å². The van der Waals surface area contributed by atoms with Gasteiger partial charge in [-0.1, -0.05) is 6.92 Å². The first-order valence-corrected chi connectivity index (χ1v) is 6.35. The third-order valence-corrected chi connectivity index (χ3v) is 3.08. The molecule has 0 saturated carbocycles. The molecule has 3 N–H and O–H groups in total. The van der Waals surface area contributed by atoms with Gasteiger partial charge in [0.05, 0.1) is 5.56 Å². The summed E-state index contributed by atoms with van der Waals surface area (Å²) in [6.45, 7) is 5.32. The fraction of sp³-hybridized carbons (Fsp3) is 0.500. The standard InChI is InChI=1S/C14H21NO4/c1-10(9-16)11(2)15-7-8-19-13-5-3-12(4-6-13)14(17)18/h3-6,10-11,15-16H,7-9H2,1-2H3,(H,17,18). The fourth-order valence-electron chi connectivity index (χ4n) is 1.51. The summed E-state index contributed by atoms with van der Waals surface area (Å²) in [4.78, 5) is 10.7. The molecule has 19 heavy (non-hydrogen) atoms. The van der Waals surface area contributed by atoms with Crippen molar-refractivity contribution in [2.45, 2.75) is 19.9 Å². The Bertz CT molecular complexity index is 391. The van der Waals surface area contributed by atoms with Crippen molar-refractivity contribution in [3.05, 3.63) is 29.8 Å². The Labute approximate surface area is 113 Å². The van der Waals surface area contributed by atoms with Gasteiger partial charge in [0.25, 0.3) is 0 Å². The van der Waals surface area contributed by atoms with Crippen LogP contribution in [0.2, 0.25) is 0 Å². The first-order valence-electron chi connectivity index (χ1n) is 6.35. The Morgan fingerprint density at radius 3 is 2.47 bits per heavy atom. The summed E-state index contributed by atoms with van der Waals surface area (Å²) < 4.78 is 5.49. The summed E-state index contributed by atoms with van der Waals surface area (Å²) in [6, 6.07) is 6.54. The summed E-state index contributed by atoms with van der Waals surface area (Å²) in [5.74, 6) is -0.0930. The molecule has 1 aromatic rings. The zero-order valence-corrected chi connectivity index (χ0v) is 11.3. The van der Waals surface area contributed by atoms with E-state index in [-0.39, 0.29) is 24.1 Å². The zero-order valence-electron chi connectivity index (χ0n) is 11.3. The number of aromatic carboxylic acids is 1. The number of carboxylic acids is 1. The van der Waals surface area contributed by atoms with E-state index in [0.717, 1.165) is 0 Å². The van der Waals surface area contributed by atoms with Crippen molar-refractivity contribution < 1.29 is 19.7 Å². The molecule has 5 heteroatoms. The van der Waals surface area contributed by atoms with Crippen molar-refractivity contribution in [1.82, 2.24) is 5.32 Å². The maximum Gasteiger partial charge on any atom is 0.335 e. The minimum atomic E-state index is -0.944. The van der Waals surface area contributed by atoms with Gasteiger partial charge in [-0.3, -0.25) is 0 Å². The Morgan fingerprint density at radius 2 is 1.95 bits per heavy atom. The van der Waals surface area contributed by atoms with Crippen LogP contribution in [0.4, 0.5) is 0 Å². The van der Waals surface area contributed by atoms with Crippen molar-refractivity contribution in [2.24, 2.45) is 5.92 Å². The molecule has 1 aromatic carbocycles. The van der Waals surface area contributed by atoms with E-state index in [1.165, 1.54) is 12.1 Å². The second-order valence-corrected chi connectivity index (χ2v) is 4.58. The molecule has 0 saturated heterocycles. The first-order chi connectivity index (χ1) is 9.04. The Kier molecular flexibility index (Phi) is 6.32. The smallest absolute Gasteiger partial charge is 0.335 e. The van der Waals surface area contributed by atoms with Gasteiger partial charge in [0.15, 0.2) is 0 Å². The molecule has 0 aromatic heterocycles. The third-order valence-electron chi connectivity index (χ3n) is 3.08. The van der Waals surface area contributed by atoms with E-state index in [1.807, 2.05) is 13.8 Å². The molecule has 1 rings (SSSR count). The van der Waals surface area contributed by atoms with Gasteiger partial charge in [0, 0.05) is 19.2 Å². The number of benzene rings is 1. The lowest BCUT2D eigenvalue weighted by molar-refractivity contribution is 0.0697. The molecule has 5 nitrogen and oxygen atoms in total. The van der Waals surface area contributed by atoms with Crippen LogP contribution in [0, 0.1) is 5.92 Å². The van der Waals surface area contributed by atoms with Gasteiger partial charge in [-0.05, 0) is 37.1 Å². The van der Waals surface area contributed by atoms with Crippen LogP contribution in [0.25, 0.3) is 0 Å². The van der Waals surface area contributed by atoms with Gasteiger partial charge >= 0.3 is 5.97 Å². The normalized spacial score (nSPS) is 13.8. The second-order valence-electron chi connectivity index (χ2n) is 4.58. The molecule has 0 radical (unpaired) electrons. The van der Waals surface area contributed by atoms with Crippen LogP contribution in [0.15, 0.2) is 24.3 Å². The molecule has 0 spiro atoms. The molecule has 0 amide bonds. The zero-order chi connectivity index (χ0) is 14.3. The number of nitrogens with one attached hydrogen (secondary N) is 1. The van der Waals surface area contributed by atoms with Crippen molar-refractivity contribution in [3.63, 3.8) is 0 Å². The SMILES string of the molecule is CC(CO)C(C)NCCOc1ccc(C(=O)O)cc1. The maximum absolute atomic E-state index is 10.7. The Balaban J connectivity index is 2.28. The predicted molar refractivity (Wildman–Crippen MR) is 72.6 cm³/mol. The van der Waals surface area contributed by atoms with Crippen molar-refractivity contribution >= 4 is 5.97 Å². The highest BCUT2D eigenvalue weighted by Crippen LogP contribution is 2.11. The van der Waals surface area contributed by atoms with Crippen LogP contribution in [-0.4, -0.2) is 42.0 Å². The minimum Gasteiger partial charge on any atom is -0.492 e. The number of carbonyl (C=O) groups is 1. The molecule has 0 fully saturated rings. The fourth-order valence-corrected chi connectivity index (χ4v) is 1.51. The molecule has 106 valence electrons. The molecular weight excluding hydrogens is 246 g/mol. The highest BCUT2D eigenvalue weighted by molar-refractivity contribution is 5.87. The summed E-state index contributed by atoms with van der Waals surface area (Å²) in [6.07, 6.45) is 0. The van der Waals surface area contributed by atoms with E-state index >= 15 is 0 Å². The predicted octanol–water partition coefficient (Wildman–Crippen LogP) is 1.37. The summed E-state index contributed by atoms with van der Waals surface area (Å²) in [5, 5.41) is 21.0. The van der Waals surface area contributed by atoms with Gasteiger partial charge in [-0.15, -0.1) is 0 Å². The van der Waals surface area contributed by atoms with Gasteiger partial charge in [-0.25, -0.2) is 4.79 Å². The highest BCUT2D eigenvalue weighted by atomic mass is 16.5. The number of hydrogen-bond acceptors (Lipinski definition) is 4. The van der Waals surface area contributed by atoms with Crippen molar-refractivity contribution in [3.8, 4) is 5.75 Å². The number of carboxylic acid groups (broad SMARTS) is 1. The number of aliphatic hydroxyl groups is 1. The summed E-state index contributed by atoms with van der Waals surface area (Å²) in [7, 11) is 0. The van der Waals surface area contributed by atoms with E-state index < -0.39 is 5.97 Å². The molecule has 0 aliphatic heterocycles.